The van der Waals surface area contributed by atoms with Gasteiger partial charge in [0.05, 0.1) is 12.2 Å². The van der Waals surface area contributed by atoms with Crippen LogP contribution in [0.15, 0.2) is 23.6 Å². The van der Waals surface area contributed by atoms with Gasteiger partial charge in [0.25, 0.3) is 5.91 Å². The van der Waals surface area contributed by atoms with Gasteiger partial charge in [0.15, 0.2) is 5.13 Å². The third kappa shape index (κ3) is 3.40. The van der Waals surface area contributed by atoms with Crippen LogP contribution >= 0.6 is 34.5 Å². The highest BCUT2D eigenvalue weighted by molar-refractivity contribution is 7.13. The lowest BCUT2D eigenvalue weighted by Gasteiger charge is -2.23. The van der Waals surface area contributed by atoms with Crippen LogP contribution in [0.5, 0.6) is 0 Å². The van der Waals surface area contributed by atoms with Crippen molar-refractivity contribution in [3.05, 3.63) is 44.9 Å². The summed E-state index contributed by atoms with van der Waals surface area (Å²) in [5.41, 5.74) is -0.342. The number of anilines is 1. The molecule has 1 aliphatic heterocycles. The molecular formula is C16H14Cl2N4O3S. The van der Waals surface area contributed by atoms with Crippen molar-refractivity contribution in [2.45, 2.75) is 25.9 Å². The second-order valence-corrected chi connectivity index (χ2v) is 7.60. The third-order valence-electron chi connectivity index (χ3n) is 3.90. The van der Waals surface area contributed by atoms with E-state index in [9.17, 15) is 14.4 Å². The Kier molecular flexibility index (Phi) is 4.92. The molecule has 4 amide bonds. The molecule has 1 aromatic carbocycles. The molecule has 0 spiro atoms. The van der Waals surface area contributed by atoms with E-state index in [1.54, 1.807) is 24.4 Å². The second-order valence-electron chi connectivity index (χ2n) is 5.90. The standard InChI is InChI=1S/C16H14Cl2N4O3S/c1-8(23)19-14-20-10(7-26-14)6-22-13(24)16(2,21-15(22)25)11-4-3-9(17)5-12(11)18/h3-5,7H,6H2,1-2H3,(H,21,25)(H,19,20,23). The zero-order chi connectivity index (χ0) is 19.1. The van der Waals surface area contributed by atoms with Crippen molar-refractivity contribution in [2.75, 3.05) is 5.32 Å². The number of halogens is 2. The van der Waals surface area contributed by atoms with Gasteiger partial charge in [-0.05, 0) is 19.1 Å². The van der Waals surface area contributed by atoms with Crippen LogP contribution in [0.25, 0.3) is 0 Å². The maximum Gasteiger partial charge on any atom is 0.325 e. The van der Waals surface area contributed by atoms with E-state index in [1.807, 2.05) is 0 Å². The number of nitrogens with one attached hydrogen (secondary N) is 2. The quantitative estimate of drug-likeness (QED) is 0.752. The van der Waals surface area contributed by atoms with E-state index in [1.165, 1.54) is 24.3 Å². The first-order chi connectivity index (χ1) is 12.2. The molecule has 1 fully saturated rings. The number of thiazole rings is 1. The highest BCUT2D eigenvalue weighted by atomic mass is 35.5. The number of urea groups is 1. The summed E-state index contributed by atoms with van der Waals surface area (Å²) in [5, 5.41) is 8.05. The molecule has 10 heteroatoms. The number of hydrogen-bond acceptors (Lipinski definition) is 5. The zero-order valence-electron chi connectivity index (χ0n) is 13.8. The molecule has 0 radical (unpaired) electrons. The topological polar surface area (TPSA) is 91.4 Å². The smallest absolute Gasteiger partial charge is 0.319 e. The van der Waals surface area contributed by atoms with Crippen molar-refractivity contribution in [1.82, 2.24) is 15.2 Å². The minimum Gasteiger partial charge on any atom is -0.319 e. The summed E-state index contributed by atoms with van der Waals surface area (Å²) in [7, 11) is 0. The van der Waals surface area contributed by atoms with E-state index >= 15 is 0 Å². The molecule has 1 aromatic heterocycles. The Morgan fingerprint density at radius 2 is 2.12 bits per heavy atom. The number of benzene rings is 1. The van der Waals surface area contributed by atoms with Crippen molar-refractivity contribution in [1.29, 1.82) is 0 Å². The molecule has 1 aliphatic rings. The first-order valence-corrected chi connectivity index (χ1v) is 9.16. The predicted octanol–water partition coefficient (Wildman–Crippen LogP) is 3.38. The average molecular weight is 413 g/mol. The van der Waals surface area contributed by atoms with Gasteiger partial charge >= 0.3 is 6.03 Å². The van der Waals surface area contributed by atoms with E-state index in [0.717, 1.165) is 4.90 Å². The Morgan fingerprint density at radius 3 is 2.77 bits per heavy atom. The van der Waals surface area contributed by atoms with Gasteiger partial charge in [0.1, 0.15) is 5.54 Å². The summed E-state index contributed by atoms with van der Waals surface area (Å²) in [6, 6.07) is 4.20. The van der Waals surface area contributed by atoms with Crippen LogP contribution in [-0.2, 0) is 21.7 Å². The molecule has 0 saturated carbocycles. The van der Waals surface area contributed by atoms with Gasteiger partial charge in [-0.15, -0.1) is 11.3 Å². The molecule has 26 heavy (non-hydrogen) atoms. The first-order valence-electron chi connectivity index (χ1n) is 7.52. The lowest BCUT2D eigenvalue weighted by Crippen LogP contribution is -2.41. The summed E-state index contributed by atoms with van der Waals surface area (Å²) in [5.74, 6) is -0.688. The molecule has 3 rings (SSSR count). The van der Waals surface area contributed by atoms with Crippen molar-refractivity contribution >= 4 is 57.5 Å². The highest BCUT2D eigenvalue weighted by Crippen LogP contribution is 2.35. The van der Waals surface area contributed by atoms with Crippen molar-refractivity contribution in [2.24, 2.45) is 0 Å². The van der Waals surface area contributed by atoms with Crippen molar-refractivity contribution in [3.63, 3.8) is 0 Å². The largest absolute Gasteiger partial charge is 0.325 e. The number of amides is 4. The van der Waals surface area contributed by atoms with Crippen LogP contribution in [0.3, 0.4) is 0 Å². The van der Waals surface area contributed by atoms with Crippen LogP contribution in [0.2, 0.25) is 10.0 Å². The van der Waals surface area contributed by atoms with Crippen LogP contribution in [0.1, 0.15) is 25.1 Å². The minimum absolute atomic E-state index is 0.0124. The van der Waals surface area contributed by atoms with Crippen LogP contribution in [-0.4, -0.2) is 27.7 Å². The SMILES string of the molecule is CC(=O)Nc1nc(CN2C(=O)NC(C)(c3ccc(Cl)cc3Cl)C2=O)cs1. The summed E-state index contributed by atoms with van der Waals surface area (Å²) in [6.45, 7) is 2.95. The van der Waals surface area contributed by atoms with Gasteiger partial charge in [0.2, 0.25) is 5.91 Å². The van der Waals surface area contributed by atoms with Gasteiger partial charge < -0.3 is 10.6 Å². The van der Waals surface area contributed by atoms with Crippen molar-refractivity contribution in [3.8, 4) is 0 Å². The Hall–Kier alpha value is -2.16. The fourth-order valence-electron chi connectivity index (χ4n) is 2.67. The first kappa shape index (κ1) is 18.6. The zero-order valence-corrected chi connectivity index (χ0v) is 16.1. The monoisotopic (exact) mass is 412 g/mol. The number of carbonyl (C=O) groups excluding carboxylic acids is 3. The van der Waals surface area contributed by atoms with E-state index in [0.29, 0.717) is 21.4 Å². The summed E-state index contributed by atoms with van der Waals surface area (Å²) in [4.78, 5) is 41.6. The minimum atomic E-state index is -1.30. The molecule has 0 aliphatic carbocycles. The summed E-state index contributed by atoms with van der Waals surface area (Å²) in [6.07, 6.45) is 0. The Labute approximate surface area is 163 Å². The molecule has 1 atom stereocenters. The molecule has 1 saturated heterocycles. The molecule has 136 valence electrons. The van der Waals surface area contributed by atoms with E-state index < -0.39 is 17.5 Å². The number of carbonyl (C=O) groups is 3. The van der Waals surface area contributed by atoms with Gasteiger partial charge in [0, 0.05) is 27.9 Å². The maximum atomic E-state index is 12.9. The van der Waals surface area contributed by atoms with Crippen LogP contribution in [0, 0.1) is 0 Å². The van der Waals surface area contributed by atoms with Gasteiger partial charge in [-0.25, -0.2) is 9.78 Å². The number of hydrogen-bond donors (Lipinski definition) is 2. The molecule has 7 nitrogen and oxygen atoms in total. The third-order valence-corrected chi connectivity index (χ3v) is 5.25. The average Bonchev–Trinajstić information content (AvgIpc) is 3.05. The number of rotatable bonds is 4. The summed E-state index contributed by atoms with van der Waals surface area (Å²) < 4.78 is 0. The van der Waals surface area contributed by atoms with Crippen LogP contribution < -0.4 is 10.6 Å². The predicted molar refractivity (Wildman–Crippen MR) is 99.3 cm³/mol. The fraction of sp³-hybridized carbons (Fsp3) is 0.250. The number of imide groups is 1. The Morgan fingerprint density at radius 1 is 1.38 bits per heavy atom. The van der Waals surface area contributed by atoms with Gasteiger partial charge in [-0.3, -0.25) is 14.5 Å². The lowest BCUT2D eigenvalue weighted by molar-refractivity contribution is -0.131. The van der Waals surface area contributed by atoms with Crippen molar-refractivity contribution < 1.29 is 14.4 Å². The Balaban J connectivity index is 1.84. The molecule has 2 N–H and O–H groups in total. The van der Waals surface area contributed by atoms with E-state index in [-0.39, 0.29) is 17.5 Å². The van der Waals surface area contributed by atoms with E-state index in [2.05, 4.69) is 15.6 Å². The molecule has 2 aromatic rings. The lowest BCUT2D eigenvalue weighted by atomic mass is 9.92. The number of aromatic nitrogens is 1. The molecule has 1 unspecified atom stereocenters. The summed E-state index contributed by atoms with van der Waals surface area (Å²) >= 11 is 13.3. The molecule has 2 heterocycles. The van der Waals surface area contributed by atoms with E-state index in [4.69, 9.17) is 23.2 Å². The van der Waals surface area contributed by atoms with Gasteiger partial charge in [-0.2, -0.15) is 0 Å². The second kappa shape index (κ2) is 6.86. The van der Waals surface area contributed by atoms with Crippen LogP contribution in [0.4, 0.5) is 9.93 Å². The number of nitrogens with zero attached hydrogens (tertiary/aromatic N) is 2. The fourth-order valence-corrected chi connectivity index (χ4v) is 4.01. The maximum absolute atomic E-state index is 12.9. The Bertz CT molecular complexity index is 917. The molecular weight excluding hydrogens is 399 g/mol. The normalized spacial score (nSPS) is 19.6. The highest BCUT2D eigenvalue weighted by Gasteiger charge is 2.50. The van der Waals surface area contributed by atoms with Gasteiger partial charge in [-0.1, -0.05) is 29.3 Å². The molecule has 0 bridgehead atoms.